The summed E-state index contributed by atoms with van der Waals surface area (Å²) in [4.78, 5) is 0. The quantitative estimate of drug-likeness (QED) is 0.853. The van der Waals surface area contributed by atoms with Crippen molar-refractivity contribution in [2.75, 3.05) is 6.61 Å². The number of halogens is 2. The van der Waals surface area contributed by atoms with Crippen LogP contribution in [0.5, 0.6) is 5.75 Å². The van der Waals surface area contributed by atoms with Gasteiger partial charge in [0.05, 0.1) is 0 Å². The molecule has 94 valence electrons. The van der Waals surface area contributed by atoms with Crippen molar-refractivity contribution in [1.82, 2.24) is 5.32 Å². The van der Waals surface area contributed by atoms with E-state index in [1.807, 2.05) is 12.1 Å². The molecule has 0 aromatic heterocycles. The standard InChI is InChI=1S/C13H17BrClNO/c1-10(2)16-9-11-8-12(14)4-5-13(11)17-7-3-6-15/h3-6,8,10,16H,7,9H2,1-2H3/b6-3+. The molecule has 0 aliphatic heterocycles. The van der Waals surface area contributed by atoms with Crippen molar-refractivity contribution >= 4 is 27.5 Å². The van der Waals surface area contributed by atoms with Gasteiger partial charge in [-0.05, 0) is 24.3 Å². The van der Waals surface area contributed by atoms with E-state index in [1.54, 1.807) is 6.08 Å². The zero-order valence-corrected chi connectivity index (χ0v) is 12.4. The summed E-state index contributed by atoms with van der Waals surface area (Å²) in [6, 6.07) is 6.45. The first-order chi connectivity index (χ1) is 8.13. The van der Waals surface area contributed by atoms with Gasteiger partial charge in [-0.2, -0.15) is 0 Å². The Morgan fingerprint density at radius 3 is 2.88 bits per heavy atom. The molecule has 1 N–H and O–H groups in total. The van der Waals surface area contributed by atoms with Crippen LogP contribution < -0.4 is 10.1 Å². The lowest BCUT2D eigenvalue weighted by atomic mass is 10.2. The summed E-state index contributed by atoms with van der Waals surface area (Å²) in [6.07, 6.45) is 1.77. The largest absolute Gasteiger partial charge is 0.489 e. The fourth-order valence-corrected chi connectivity index (χ4v) is 1.80. The minimum atomic E-state index is 0.449. The molecular formula is C13H17BrClNO. The van der Waals surface area contributed by atoms with Crippen molar-refractivity contribution in [2.45, 2.75) is 26.4 Å². The second kappa shape index (κ2) is 7.75. The van der Waals surface area contributed by atoms with Gasteiger partial charge in [0.15, 0.2) is 0 Å². The highest BCUT2D eigenvalue weighted by atomic mass is 79.9. The number of benzene rings is 1. The Balaban J connectivity index is 2.72. The van der Waals surface area contributed by atoms with Crippen molar-refractivity contribution in [3.8, 4) is 5.75 Å². The van der Waals surface area contributed by atoms with E-state index < -0.39 is 0 Å². The van der Waals surface area contributed by atoms with Gasteiger partial charge in [0.2, 0.25) is 0 Å². The van der Waals surface area contributed by atoms with Gasteiger partial charge in [0.1, 0.15) is 12.4 Å². The summed E-state index contributed by atoms with van der Waals surface area (Å²) in [6.45, 7) is 5.51. The normalized spacial score (nSPS) is 11.4. The first-order valence-electron chi connectivity index (χ1n) is 5.53. The van der Waals surface area contributed by atoms with E-state index in [9.17, 15) is 0 Å². The molecule has 17 heavy (non-hydrogen) atoms. The molecule has 0 spiro atoms. The van der Waals surface area contributed by atoms with Gasteiger partial charge in [-0.25, -0.2) is 0 Å². The summed E-state index contributed by atoms with van der Waals surface area (Å²) in [5.41, 5.74) is 2.60. The molecule has 4 heteroatoms. The van der Waals surface area contributed by atoms with Crippen molar-refractivity contribution in [1.29, 1.82) is 0 Å². The Morgan fingerprint density at radius 2 is 2.24 bits per heavy atom. The van der Waals surface area contributed by atoms with E-state index in [2.05, 4.69) is 41.2 Å². The molecule has 0 aliphatic carbocycles. The predicted molar refractivity (Wildman–Crippen MR) is 76.6 cm³/mol. The van der Waals surface area contributed by atoms with Crippen molar-refractivity contribution in [3.63, 3.8) is 0 Å². The third-order valence-electron chi connectivity index (χ3n) is 2.15. The lowest BCUT2D eigenvalue weighted by Crippen LogP contribution is -2.22. The SMILES string of the molecule is CC(C)NCc1cc(Br)ccc1OC/C=C/Cl. The van der Waals surface area contributed by atoms with E-state index in [1.165, 1.54) is 5.54 Å². The van der Waals surface area contributed by atoms with Crippen LogP contribution in [0.2, 0.25) is 0 Å². The second-order valence-corrected chi connectivity index (χ2v) is 5.13. The third-order valence-corrected chi connectivity index (χ3v) is 2.82. The van der Waals surface area contributed by atoms with Crippen molar-refractivity contribution in [2.24, 2.45) is 0 Å². The van der Waals surface area contributed by atoms with Crippen LogP contribution in [-0.2, 0) is 6.54 Å². The Bertz CT molecular complexity index is 380. The molecule has 1 aromatic rings. The first kappa shape index (κ1) is 14.6. The van der Waals surface area contributed by atoms with Crippen LogP contribution in [0.1, 0.15) is 19.4 Å². The van der Waals surface area contributed by atoms with Gasteiger partial charge in [0.25, 0.3) is 0 Å². The van der Waals surface area contributed by atoms with Crippen LogP contribution in [0.4, 0.5) is 0 Å². The van der Waals surface area contributed by atoms with E-state index in [-0.39, 0.29) is 0 Å². The average Bonchev–Trinajstić information content (AvgIpc) is 2.29. The topological polar surface area (TPSA) is 21.3 Å². The van der Waals surface area contributed by atoms with Gasteiger partial charge in [0, 0.05) is 28.2 Å². The molecule has 0 atom stereocenters. The Hall–Kier alpha value is -0.510. The van der Waals surface area contributed by atoms with Crippen LogP contribution in [-0.4, -0.2) is 12.6 Å². The first-order valence-corrected chi connectivity index (χ1v) is 6.76. The van der Waals surface area contributed by atoms with Gasteiger partial charge < -0.3 is 10.1 Å². The van der Waals surface area contributed by atoms with Gasteiger partial charge in [-0.1, -0.05) is 41.4 Å². The van der Waals surface area contributed by atoms with Crippen LogP contribution in [0.25, 0.3) is 0 Å². The molecule has 1 aromatic carbocycles. The van der Waals surface area contributed by atoms with Gasteiger partial charge in [-0.15, -0.1) is 0 Å². The highest BCUT2D eigenvalue weighted by Gasteiger charge is 2.04. The zero-order chi connectivity index (χ0) is 12.7. The number of ether oxygens (including phenoxy) is 1. The molecule has 0 unspecified atom stereocenters. The maximum Gasteiger partial charge on any atom is 0.124 e. The molecule has 0 fully saturated rings. The summed E-state index contributed by atoms with van der Waals surface area (Å²) in [5, 5.41) is 3.37. The van der Waals surface area contributed by atoms with E-state index in [4.69, 9.17) is 16.3 Å². The predicted octanol–water partition coefficient (Wildman–Crippen LogP) is 4.08. The highest BCUT2D eigenvalue weighted by Crippen LogP contribution is 2.23. The number of rotatable bonds is 6. The lowest BCUT2D eigenvalue weighted by molar-refractivity contribution is 0.357. The fourth-order valence-electron chi connectivity index (χ4n) is 1.32. The average molecular weight is 319 g/mol. The molecule has 0 amide bonds. The molecule has 0 heterocycles. The molecule has 0 saturated heterocycles. The van der Waals surface area contributed by atoms with E-state index >= 15 is 0 Å². The van der Waals surface area contributed by atoms with Crippen LogP contribution >= 0.6 is 27.5 Å². The third kappa shape index (κ3) is 5.57. The lowest BCUT2D eigenvalue weighted by Gasteiger charge is -2.13. The smallest absolute Gasteiger partial charge is 0.124 e. The van der Waals surface area contributed by atoms with Crippen molar-refractivity contribution in [3.05, 3.63) is 39.8 Å². The molecule has 0 aliphatic rings. The number of hydrogen-bond acceptors (Lipinski definition) is 2. The summed E-state index contributed by atoms with van der Waals surface area (Å²) < 4.78 is 6.69. The van der Waals surface area contributed by atoms with Crippen molar-refractivity contribution < 1.29 is 4.74 Å². The highest BCUT2D eigenvalue weighted by molar-refractivity contribution is 9.10. The minimum absolute atomic E-state index is 0.449. The molecule has 0 saturated carbocycles. The molecular weight excluding hydrogens is 302 g/mol. The number of nitrogens with one attached hydrogen (secondary N) is 1. The summed E-state index contributed by atoms with van der Waals surface area (Å²) >= 11 is 8.92. The van der Waals surface area contributed by atoms with Crippen LogP contribution in [0.3, 0.4) is 0 Å². The summed E-state index contributed by atoms with van der Waals surface area (Å²) in [5.74, 6) is 0.885. The molecule has 0 bridgehead atoms. The maximum atomic E-state index is 5.63. The zero-order valence-electron chi connectivity index (χ0n) is 10.0. The molecule has 1 rings (SSSR count). The van der Waals surface area contributed by atoms with Crippen LogP contribution in [0, 0.1) is 0 Å². The monoisotopic (exact) mass is 317 g/mol. The molecule has 2 nitrogen and oxygen atoms in total. The van der Waals surface area contributed by atoms with Gasteiger partial charge >= 0.3 is 0 Å². The fraction of sp³-hybridized carbons (Fsp3) is 0.385. The van der Waals surface area contributed by atoms with E-state index in [0.29, 0.717) is 12.6 Å². The second-order valence-electron chi connectivity index (χ2n) is 3.96. The molecule has 0 radical (unpaired) electrons. The Labute approximate surface area is 116 Å². The summed E-state index contributed by atoms with van der Waals surface area (Å²) in [7, 11) is 0. The maximum absolute atomic E-state index is 5.63. The Morgan fingerprint density at radius 1 is 1.47 bits per heavy atom. The van der Waals surface area contributed by atoms with Crippen LogP contribution in [0.15, 0.2) is 34.3 Å². The van der Waals surface area contributed by atoms with Gasteiger partial charge in [-0.3, -0.25) is 0 Å². The number of hydrogen-bond donors (Lipinski definition) is 1. The minimum Gasteiger partial charge on any atom is -0.489 e. The van der Waals surface area contributed by atoms with E-state index in [0.717, 1.165) is 22.3 Å². The Kier molecular flexibility index (Phi) is 6.63.